The number of aromatic carboxylic acids is 1. The van der Waals surface area contributed by atoms with Gasteiger partial charge in [-0.05, 0) is 42.9 Å². The summed E-state index contributed by atoms with van der Waals surface area (Å²) in [6.45, 7) is 2.17. The lowest BCUT2D eigenvalue weighted by Gasteiger charge is -2.26. The van der Waals surface area contributed by atoms with Crippen molar-refractivity contribution in [2.24, 2.45) is 5.92 Å². The lowest BCUT2D eigenvalue weighted by atomic mass is 9.81. The second kappa shape index (κ2) is 5.64. The Morgan fingerprint density at radius 3 is 3.00 bits per heavy atom. The highest BCUT2D eigenvalue weighted by Crippen LogP contribution is 2.35. The minimum absolute atomic E-state index is 0.362. The Labute approximate surface area is 129 Å². The van der Waals surface area contributed by atoms with Crippen LogP contribution in [0.15, 0.2) is 18.2 Å². The van der Waals surface area contributed by atoms with Crippen molar-refractivity contribution in [3.8, 4) is 0 Å². The minimum Gasteiger partial charge on any atom is -0.478 e. The largest absolute Gasteiger partial charge is 0.478 e. The van der Waals surface area contributed by atoms with Gasteiger partial charge in [0.25, 0.3) is 0 Å². The van der Waals surface area contributed by atoms with Crippen molar-refractivity contribution in [3.05, 3.63) is 40.0 Å². The summed E-state index contributed by atoms with van der Waals surface area (Å²) in [4.78, 5) is 16.5. The Kier molecular flexibility index (Phi) is 3.85. The van der Waals surface area contributed by atoms with Crippen molar-refractivity contribution >= 4 is 28.5 Å². The first-order valence-corrected chi connectivity index (χ1v) is 7.82. The van der Waals surface area contributed by atoms with E-state index in [4.69, 9.17) is 11.6 Å². The van der Waals surface area contributed by atoms with Crippen molar-refractivity contribution < 1.29 is 9.90 Å². The Bertz CT molecular complexity index is 711. The maximum atomic E-state index is 11.8. The molecule has 21 heavy (non-hydrogen) atoms. The smallest absolute Gasteiger partial charge is 0.336 e. The molecule has 1 aliphatic carbocycles. The summed E-state index contributed by atoms with van der Waals surface area (Å²) in [5.74, 6) is -0.341. The first-order valence-electron chi connectivity index (χ1n) is 7.45. The maximum Gasteiger partial charge on any atom is 0.336 e. The quantitative estimate of drug-likeness (QED) is 0.908. The van der Waals surface area contributed by atoms with E-state index in [0.717, 1.165) is 43.4 Å². The molecule has 1 aromatic carbocycles. The van der Waals surface area contributed by atoms with Crippen LogP contribution in [-0.4, -0.2) is 16.1 Å². The van der Waals surface area contributed by atoms with Gasteiger partial charge in [-0.3, -0.25) is 4.98 Å². The number of pyridine rings is 1. The van der Waals surface area contributed by atoms with Crippen molar-refractivity contribution in [1.29, 1.82) is 0 Å². The van der Waals surface area contributed by atoms with E-state index in [0.29, 0.717) is 27.4 Å². The van der Waals surface area contributed by atoms with Gasteiger partial charge in [0, 0.05) is 11.1 Å². The van der Waals surface area contributed by atoms with Crippen LogP contribution in [0, 0.1) is 5.92 Å². The number of halogens is 1. The van der Waals surface area contributed by atoms with Crippen LogP contribution in [0.4, 0.5) is 0 Å². The molecule has 3 rings (SSSR count). The standard InChI is InChI=1S/C17H18ClNO2/c1-2-4-10-7-8-13-11(9-10)15(17(20)21)16-12(18)5-3-6-14(16)19-13/h3,5-6,10H,2,4,7-9H2,1H3,(H,20,21). The molecule has 1 unspecified atom stereocenters. The molecule has 0 radical (unpaired) electrons. The van der Waals surface area contributed by atoms with Gasteiger partial charge in [0.2, 0.25) is 0 Å². The summed E-state index contributed by atoms with van der Waals surface area (Å²) in [6.07, 6.45) is 5.03. The van der Waals surface area contributed by atoms with Crippen LogP contribution >= 0.6 is 11.6 Å². The predicted molar refractivity (Wildman–Crippen MR) is 84.1 cm³/mol. The summed E-state index contributed by atoms with van der Waals surface area (Å²) in [5.41, 5.74) is 2.89. The van der Waals surface area contributed by atoms with Gasteiger partial charge >= 0.3 is 5.97 Å². The molecule has 0 aliphatic heterocycles. The number of hydrogen-bond acceptors (Lipinski definition) is 2. The summed E-state index contributed by atoms with van der Waals surface area (Å²) in [7, 11) is 0. The monoisotopic (exact) mass is 303 g/mol. The second-order valence-electron chi connectivity index (χ2n) is 5.75. The zero-order chi connectivity index (χ0) is 15.0. The average Bonchev–Trinajstić information content (AvgIpc) is 2.45. The van der Waals surface area contributed by atoms with Gasteiger partial charge in [0.05, 0.1) is 16.1 Å². The molecule has 1 atom stereocenters. The lowest BCUT2D eigenvalue weighted by Crippen LogP contribution is -2.19. The summed E-state index contributed by atoms with van der Waals surface area (Å²) < 4.78 is 0. The number of aryl methyl sites for hydroxylation is 1. The molecule has 0 spiro atoms. The molecule has 0 fully saturated rings. The number of hydrogen-bond donors (Lipinski definition) is 1. The number of aromatic nitrogens is 1. The van der Waals surface area contributed by atoms with E-state index < -0.39 is 5.97 Å². The third-order valence-electron chi connectivity index (χ3n) is 4.34. The van der Waals surface area contributed by atoms with Crippen LogP contribution in [0.2, 0.25) is 5.02 Å². The molecular formula is C17H18ClNO2. The molecular weight excluding hydrogens is 286 g/mol. The number of carboxylic acids is 1. The molecule has 1 N–H and O–H groups in total. The average molecular weight is 304 g/mol. The molecule has 1 heterocycles. The summed E-state index contributed by atoms with van der Waals surface area (Å²) in [5, 5.41) is 10.7. The summed E-state index contributed by atoms with van der Waals surface area (Å²) in [6, 6.07) is 5.39. The van der Waals surface area contributed by atoms with E-state index in [1.54, 1.807) is 6.07 Å². The number of nitrogens with zero attached hydrogens (tertiary/aromatic N) is 1. The molecule has 2 aromatic rings. The SMILES string of the molecule is CCCC1CCc2nc3cccc(Cl)c3c(C(=O)O)c2C1. The first-order chi connectivity index (χ1) is 10.1. The highest BCUT2D eigenvalue weighted by atomic mass is 35.5. The Balaban J connectivity index is 2.24. The van der Waals surface area contributed by atoms with Crippen LogP contribution in [0.1, 0.15) is 47.8 Å². The maximum absolute atomic E-state index is 11.8. The van der Waals surface area contributed by atoms with Crippen molar-refractivity contribution in [2.75, 3.05) is 0 Å². The van der Waals surface area contributed by atoms with Crippen LogP contribution in [-0.2, 0) is 12.8 Å². The van der Waals surface area contributed by atoms with E-state index in [2.05, 4.69) is 11.9 Å². The van der Waals surface area contributed by atoms with E-state index in [1.165, 1.54) is 0 Å². The minimum atomic E-state index is -0.899. The van der Waals surface area contributed by atoms with Gasteiger partial charge < -0.3 is 5.11 Å². The Morgan fingerprint density at radius 2 is 2.29 bits per heavy atom. The van der Waals surface area contributed by atoms with E-state index in [1.807, 2.05) is 12.1 Å². The Morgan fingerprint density at radius 1 is 1.48 bits per heavy atom. The van der Waals surface area contributed by atoms with E-state index >= 15 is 0 Å². The van der Waals surface area contributed by atoms with Crippen LogP contribution in [0.5, 0.6) is 0 Å². The second-order valence-corrected chi connectivity index (χ2v) is 6.16. The zero-order valence-corrected chi connectivity index (χ0v) is 12.8. The van der Waals surface area contributed by atoms with Crippen molar-refractivity contribution in [3.63, 3.8) is 0 Å². The summed E-state index contributed by atoms with van der Waals surface area (Å²) >= 11 is 6.24. The molecule has 4 heteroatoms. The zero-order valence-electron chi connectivity index (χ0n) is 12.0. The van der Waals surface area contributed by atoms with Crippen molar-refractivity contribution in [2.45, 2.75) is 39.0 Å². The highest BCUT2D eigenvalue weighted by molar-refractivity contribution is 6.36. The van der Waals surface area contributed by atoms with Crippen LogP contribution in [0.3, 0.4) is 0 Å². The molecule has 110 valence electrons. The Hall–Kier alpha value is -1.61. The number of fused-ring (bicyclic) bond motifs is 2. The normalized spacial score (nSPS) is 17.7. The number of benzene rings is 1. The molecule has 3 nitrogen and oxygen atoms in total. The van der Waals surface area contributed by atoms with Gasteiger partial charge in [-0.1, -0.05) is 37.4 Å². The first kappa shape index (κ1) is 14.3. The molecule has 0 bridgehead atoms. The fourth-order valence-electron chi connectivity index (χ4n) is 3.41. The van der Waals surface area contributed by atoms with Gasteiger partial charge in [0.15, 0.2) is 0 Å². The third kappa shape index (κ3) is 2.51. The van der Waals surface area contributed by atoms with Crippen molar-refractivity contribution in [1.82, 2.24) is 4.98 Å². The van der Waals surface area contributed by atoms with E-state index in [-0.39, 0.29) is 0 Å². The van der Waals surface area contributed by atoms with Gasteiger partial charge in [0.1, 0.15) is 0 Å². The van der Waals surface area contributed by atoms with Gasteiger partial charge in [-0.15, -0.1) is 0 Å². The molecule has 1 aromatic heterocycles. The fraction of sp³-hybridized carbons (Fsp3) is 0.412. The van der Waals surface area contributed by atoms with E-state index in [9.17, 15) is 9.90 Å². The number of rotatable bonds is 3. The van der Waals surface area contributed by atoms with Crippen LogP contribution in [0.25, 0.3) is 10.9 Å². The lowest BCUT2D eigenvalue weighted by molar-refractivity contribution is 0.0697. The molecule has 0 saturated heterocycles. The van der Waals surface area contributed by atoms with Crippen LogP contribution < -0.4 is 0 Å². The highest BCUT2D eigenvalue weighted by Gasteiger charge is 2.27. The molecule has 0 saturated carbocycles. The third-order valence-corrected chi connectivity index (χ3v) is 4.66. The number of carbonyl (C=O) groups is 1. The number of carboxylic acid groups (broad SMARTS) is 1. The predicted octanol–water partition coefficient (Wildman–Crippen LogP) is 4.49. The van der Waals surface area contributed by atoms with Gasteiger partial charge in [-0.2, -0.15) is 0 Å². The fourth-order valence-corrected chi connectivity index (χ4v) is 3.67. The molecule has 1 aliphatic rings. The van der Waals surface area contributed by atoms with Gasteiger partial charge in [-0.25, -0.2) is 4.79 Å². The molecule has 0 amide bonds. The topological polar surface area (TPSA) is 50.2 Å².